The standard InChI is InChI=1S/C17H16ClFN2O4S/c18-13-10-12(21-8-3-9-26(21,23)24)6-7-15(13)20-17(22)11-25-16-5-2-1-4-14(16)19/h1-2,4-7,10H,3,8-9,11H2,(H,20,22). The van der Waals surface area contributed by atoms with Crippen molar-refractivity contribution in [1.82, 2.24) is 0 Å². The number of halogens is 2. The van der Waals surface area contributed by atoms with Crippen LogP contribution in [0, 0.1) is 5.82 Å². The fourth-order valence-electron chi connectivity index (χ4n) is 2.58. The molecule has 0 bridgehead atoms. The van der Waals surface area contributed by atoms with Gasteiger partial charge in [0, 0.05) is 6.54 Å². The first-order chi connectivity index (χ1) is 12.4. The van der Waals surface area contributed by atoms with Crippen molar-refractivity contribution in [2.24, 2.45) is 0 Å². The number of ether oxygens (including phenoxy) is 1. The topological polar surface area (TPSA) is 75.7 Å². The van der Waals surface area contributed by atoms with Crippen molar-refractivity contribution in [3.8, 4) is 5.75 Å². The van der Waals surface area contributed by atoms with Crippen LogP contribution in [-0.4, -0.2) is 33.2 Å². The molecule has 2 aromatic rings. The Morgan fingerprint density at radius 2 is 2.04 bits per heavy atom. The van der Waals surface area contributed by atoms with Gasteiger partial charge in [-0.05, 0) is 36.8 Å². The zero-order valence-corrected chi connectivity index (χ0v) is 15.2. The molecule has 0 aromatic heterocycles. The zero-order chi connectivity index (χ0) is 18.7. The Labute approximate surface area is 155 Å². The second kappa shape index (κ2) is 7.51. The number of hydrogen-bond donors (Lipinski definition) is 1. The van der Waals surface area contributed by atoms with E-state index in [4.69, 9.17) is 16.3 Å². The largest absolute Gasteiger partial charge is 0.481 e. The highest BCUT2D eigenvalue weighted by Gasteiger charge is 2.28. The van der Waals surface area contributed by atoms with Crippen LogP contribution < -0.4 is 14.4 Å². The molecule has 1 aliphatic rings. The van der Waals surface area contributed by atoms with Crippen LogP contribution in [0.4, 0.5) is 15.8 Å². The van der Waals surface area contributed by atoms with Gasteiger partial charge in [0.05, 0.1) is 22.2 Å². The summed E-state index contributed by atoms with van der Waals surface area (Å²) in [4.78, 5) is 12.0. The van der Waals surface area contributed by atoms with Crippen LogP contribution in [-0.2, 0) is 14.8 Å². The molecule has 0 spiro atoms. The molecule has 1 heterocycles. The minimum absolute atomic E-state index is 0.0247. The van der Waals surface area contributed by atoms with Gasteiger partial charge in [0.15, 0.2) is 18.2 Å². The SMILES string of the molecule is O=C(COc1ccccc1F)Nc1ccc(N2CCCS2(=O)=O)cc1Cl. The summed E-state index contributed by atoms with van der Waals surface area (Å²) in [5.74, 6) is -0.995. The first-order valence-electron chi connectivity index (χ1n) is 7.84. The van der Waals surface area contributed by atoms with E-state index in [1.807, 2.05) is 0 Å². The molecule has 1 fully saturated rings. The molecule has 1 saturated heterocycles. The van der Waals surface area contributed by atoms with Gasteiger partial charge in [-0.15, -0.1) is 0 Å². The number of nitrogens with zero attached hydrogens (tertiary/aromatic N) is 1. The van der Waals surface area contributed by atoms with E-state index >= 15 is 0 Å². The van der Waals surface area contributed by atoms with Gasteiger partial charge in [0.2, 0.25) is 10.0 Å². The molecular formula is C17H16ClFN2O4S. The third-order valence-corrected chi connectivity index (χ3v) is 5.99. The third-order valence-electron chi connectivity index (χ3n) is 3.81. The molecule has 26 heavy (non-hydrogen) atoms. The Balaban J connectivity index is 1.65. The van der Waals surface area contributed by atoms with Crippen molar-refractivity contribution in [2.45, 2.75) is 6.42 Å². The lowest BCUT2D eigenvalue weighted by Crippen LogP contribution is -2.25. The van der Waals surface area contributed by atoms with Crippen molar-refractivity contribution >= 4 is 38.9 Å². The van der Waals surface area contributed by atoms with Crippen LogP contribution in [0.15, 0.2) is 42.5 Å². The second-order valence-electron chi connectivity index (χ2n) is 5.67. The molecule has 0 atom stereocenters. The zero-order valence-electron chi connectivity index (χ0n) is 13.6. The summed E-state index contributed by atoms with van der Waals surface area (Å²) in [6.07, 6.45) is 0.561. The lowest BCUT2D eigenvalue weighted by atomic mass is 10.2. The first-order valence-corrected chi connectivity index (χ1v) is 9.83. The fourth-order valence-corrected chi connectivity index (χ4v) is 4.36. The number of carbonyl (C=O) groups is 1. The average Bonchev–Trinajstić information content (AvgIpc) is 2.95. The third kappa shape index (κ3) is 4.08. The van der Waals surface area contributed by atoms with Gasteiger partial charge in [0.25, 0.3) is 5.91 Å². The maximum Gasteiger partial charge on any atom is 0.262 e. The van der Waals surface area contributed by atoms with E-state index in [2.05, 4.69) is 5.32 Å². The molecule has 0 unspecified atom stereocenters. The van der Waals surface area contributed by atoms with Crippen LogP contribution in [0.5, 0.6) is 5.75 Å². The lowest BCUT2D eigenvalue weighted by Gasteiger charge is -2.18. The molecule has 6 nitrogen and oxygen atoms in total. The van der Waals surface area contributed by atoms with Gasteiger partial charge in [-0.3, -0.25) is 9.10 Å². The summed E-state index contributed by atoms with van der Waals surface area (Å²) in [6, 6.07) is 10.3. The minimum Gasteiger partial charge on any atom is -0.481 e. The highest BCUT2D eigenvalue weighted by atomic mass is 35.5. The number of para-hydroxylation sites is 1. The normalized spacial score (nSPS) is 15.7. The first kappa shape index (κ1) is 18.5. The van der Waals surface area contributed by atoms with Gasteiger partial charge in [-0.1, -0.05) is 23.7 Å². The average molecular weight is 399 g/mol. The highest BCUT2D eigenvalue weighted by molar-refractivity contribution is 7.93. The summed E-state index contributed by atoms with van der Waals surface area (Å²) in [7, 11) is -3.30. The van der Waals surface area contributed by atoms with E-state index in [-0.39, 0.29) is 23.1 Å². The number of benzene rings is 2. The highest BCUT2D eigenvalue weighted by Crippen LogP contribution is 2.31. The maximum absolute atomic E-state index is 13.5. The van der Waals surface area contributed by atoms with Gasteiger partial charge in [-0.2, -0.15) is 0 Å². The van der Waals surface area contributed by atoms with Crippen LogP contribution >= 0.6 is 11.6 Å². The van der Waals surface area contributed by atoms with E-state index in [1.165, 1.54) is 34.6 Å². The number of amides is 1. The van der Waals surface area contributed by atoms with Crippen molar-refractivity contribution in [3.63, 3.8) is 0 Å². The Kier molecular flexibility index (Phi) is 5.33. The van der Waals surface area contributed by atoms with Crippen molar-refractivity contribution in [1.29, 1.82) is 0 Å². The molecule has 2 aromatic carbocycles. The summed E-state index contributed by atoms with van der Waals surface area (Å²) >= 11 is 6.15. The van der Waals surface area contributed by atoms with E-state index in [1.54, 1.807) is 12.1 Å². The predicted octanol–water partition coefficient (Wildman–Crippen LogP) is 3.04. The summed E-state index contributed by atoms with van der Waals surface area (Å²) < 4.78 is 43.8. The van der Waals surface area contributed by atoms with Crippen LogP contribution in [0.25, 0.3) is 0 Å². The Bertz CT molecular complexity index is 936. The van der Waals surface area contributed by atoms with Gasteiger partial charge < -0.3 is 10.1 Å². The molecule has 1 amide bonds. The molecular weight excluding hydrogens is 383 g/mol. The maximum atomic E-state index is 13.5. The second-order valence-corrected chi connectivity index (χ2v) is 8.09. The van der Waals surface area contributed by atoms with E-state index in [0.717, 1.165) is 0 Å². The monoisotopic (exact) mass is 398 g/mol. The Hall–Kier alpha value is -2.32. The summed E-state index contributed by atoms with van der Waals surface area (Å²) in [6.45, 7) is 0.0143. The molecule has 0 saturated carbocycles. The molecule has 1 aliphatic heterocycles. The number of anilines is 2. The molecule has 0 radical (unpaired) electrons. The van der Waals surface area contributed by atoms with Crippen LogP contribution in [0.1, 0.15) is 6.42 Å². The number of carbonyl (C=O) groups excluding carboxylic acids is 1. The molecule has 138 valence electrons. The summed E-state index contributed by atoms with van der Waals surface area (Å²) in [5.41, 5.74) is 0.766. The van der Waals surface area contributed by atoms with Crippen LogP contribution in [0.3, 0.4) is 0 Å². The van der Waals surface area contributed by atoms with E-state index in [9.17, 15) is 17.6 Å². The molecule has 0 aliphatic carbocycles. The van der Waals surface area contributed by atoms with Gasteiger partial charge >= 0.3 is 0 Å². The van der Waals surface area contributed by atoms with Crippen molar-refractivity contribution in [3.05, 3.63) is 53.3 Å². The van der Waals surface area contributed by atoms with Crippen molar-refractivity contribution < 1.29 is 22.3 Å². The van der Waals surface area contributed by atoms with Gasteiger partial charge in [-0.25, -0.2) is 12.8 Å². The van der Waals surface area contributed by atoms with E-state index in [0.29, 0.717) is 24.3 Å². The molecule has 9 heteroatoms. The number of sulfonamides is 1. The number of nitrogens with one attached hydrogen (secondary N) is 1. The molecule has 1 N–H and O–H groups in total. The fraction of sp³-hybridized carbons (Fsp3) is 0.235. The van der Waals surface area contributed by atoms with Crippen molar-refractivity contribution in [2.75, 3.05) is 28.5 Å². The number of rotatable bonds is 5. The quantitative estimate of drug-likeness (QED) is 0.839. The Morgan fingerprint density at radius 1 is 1.27 bits per heavy atom. The summed E-state index contributed by atoms with van der Waals surface area (Å²) in [5, 5.41) is 2.75. The van der Waals surface area contributed by atoms with Crippen LogP contribution in [0.2, 0.25) is 5.02 Å². The molecule has 3 rings (SSSR count). The minimum atomic E-state index is -3.30. The lowest BCUT2D eigenvalue weighted by molar-refractivity contribution is -0.118. The van der Waals surface area contributed by atoms with Gasteiger partial charge in [0.1, 0.15) is 0 Å². The van der Waals surface area contributed by atoms with E-state index < -0.39 is 21.7 Å². The number of hydrogen-bond acceptors (Lipinski definition) is 4. The smallest absolute Gasteiger partial charge is 0.262 e. The predicted molar refractivity (Wildman–Crippen MR) is 97.7 cm³/mol. The Morgan fingerprint density at radius 3 is 2.69 bits per heavy atom.